The van der Waals surface area contributed by atoms with Crippen molar-refractivity contribution in [2.75, 3.05) is 5.32 Å². The van der Waals surface area contributed by atoms with Crippen LogP contribution in [0.4, 0.5) is 5.82 Å². The Morgan fingerprint density at radius 3 is 2.33 bits per heavy atom. The first-order valence-corrected chi connectivity index (χ1v) is 8.77. The summed E-state index contributed by atoms with van der Waals surface area (Å²) in [6.07, 6.45) is 9.13. The van der Waals surface area contributed by atoms with Crippen LogP contribution in [-0.4, -0.2) is 10.9 Å². The van der Waals surface area contributed by atoms with Gasteiger partial charge in [0, 0.05) is 10.7 Å². The van der Waals surface area contributed by atoms with Crippen LogP contribution in [0.25, 0.3) is 0 Å². The van der Waals surface area contributed by atoms with E-state index in [9.17, 15) is 4.79 Å². The zero-order chi connectivity index (χ0) is 14.6. The quantitative estimate of drug-likeness (QED) is 0.865. The highest BCUT2D eigenvalue weighted by Gasteiger charge is 2.54. The summed E-state index contributed by atoms with van der Waals surface area (Å²) in [7, 11) is 0. The molecule has 0 saturated heterocycles. The minimum atomic E-state index is -0.101. The number of amides is 1. The Bertz CT molecular complexity index is 563. The first-order chi connectivity index (χ1) is 10.0. The summed E-state index contributed by atoms with van der Waals surface area (Å²) in [5.41, 5.74) is 0.915. The van der Waals surface area contributed by atoms with Gasteiger partial charge >= 0.3 is 0 Å². The Morgan fingerprint density at radius 1 is 1.24 bits per heavy atom. The predicted molar refractivity (Wildman–Crippen MR) is 85.9 cm³/mol. The van der Waals surface area contributed by atoms with E-state index in [2.05, 4.69) is 26.2 Å². The van der Waals surface area contributed by atoms with Crippen LogP contribution in [0.3, 0.4) is 0 Å². The molecule has 0 spiro atoms. The standard InChI is InChI=1S/C17H21BrN2O/c1-10-2-14(18)9-19-15(10)20-16(21)17-6-11-3-12(7-17)5-13(4-11)8-17/h2,9,11-13H,3-8H2,1H3,(H,19,20,21). The van der Waals surface area contributed by atoms with E-state index in [1.54, 1.807) is 6.20 Å². The molecule has 0 aromatic carbocycles. The smallest absolute Gasteiger partial charge is 0.231 e. The summed E-state index contributed by atoms with van der Waals surface area (Å²) in [6.45, 7) is 1.99. The lowest BCUT2D eigenvalue weighted by molar-refractivity contribution is -0.140. The molecule has 0 radical (unpaired) electrons. The van der Waals surface area contributed by atoms with Gasteiger partial charge < -0.3 is 5.32 Å². The van der Waals surface area contributed by atoms with Crippen LogP contribution >= 0.6 is 15.9 Å². The van der Waals surface area contributed by atoms with Crippen LogP contribution in [0, 0.1) is 30.1 Å². The van der Waals surface area contributed by atoms with Crippen LogP contribution in [0.1, 0.15) is 44.1 Å². The highest BCUT2D eigenvalue weighted by molar-refractivity contribution is 9.10. The molecule has 1 amide bonds. The number of aryl methyl sites for hydroxylation is 1. The molecule has 0 unspecified atom stereocenters. The number of aromatic nitrogens is 1. The van der Waals surface area contributed by atoms with Gasteiger partial charge in [0.15, 0.2) is 0 Å². The van der Waals surface area contributed by atoms with E-state index in [4.69, 9.17) is 0 Å². The molecule has 112 valence electrons. The first kappa shape index (κ1) is 13.7. The minimum Gasteiger partial charge on any atom is -0.310 e. The third kappa shape index (κ3) is 2.32. The summed E-state index contributed by atoms with van der Waals surface area (Å²) < 4.78 is 0.952. The van der Waals surface area contributed by atoms with Crippen LogP contribution in [0.5, 0.6) is 0 Å². The summed E-state index contributed by atoms with van der Waals surface area (Å²) in [6, 6.07) is 2.00. The summed E-state index contributed by atoms with van der Waals surface area (Å²) in [5, 5.41) is 3.12. The van der Waals surface area contributed by atoms with E-state index in [0.29, 0.717) is 0 Å². The molecule has 1 aromatic heterocycles. The van der Waals surface area contributed by atoms with E-state index in [1.807, 2.05) is 13.0 Å². The lowest BCUT2D eigenvalue weighted by Crippen LogP contribution is -2.51. The van der Waals surface area contributed by atoms with E-state index in [0.717, 1.165) is 52.9 Å². The maximum Gasteiger partial charge on any atom is 0.231 e. The molecule has 0 atom stereocenters. The maximum absolute atomic E-state index is 12.9. The van der Waals surface area contributed by atoms with Gasteiger partial charge in [0.1, 0.15) is 5.82 Å². The number of carbonyl (C=O) groups is 1. The number of hydrogen-bond donors (Lipinski definition) is 1. The van der Waals surface area contributed by atoms with Gasteiger partial charge in [0.25, 0.3) is 0 Å². The minimum absolute atomic E-state index is 0.101. The highest BCUT2D eigenvalue weighted by atomic mass is 79.9. The molecule has 4 fully saturated rings. The second-order valence-corrected chi connectivity index (χ2v) is 8.39. The number of rotatable bonds is 2. The fourth-order valence-corrected chi connectivity index (χ4v) is 5.75. The summed E-state index contributed by atoms with van der Waals surface area (Å²) >= 11 is 3.42. The summed E-state index contributed by atoms with van der Waals surface area (Å²) in [4.78, 5) is 17.3. The Labute approximate surface area is 134 Å². The van der Waals surface area contributed by atoms with Gasteiger partial charge in [-0.2, -0.15) is 0 Å². The van der Waals surface area contributed by atoms with Crippen LogP contribution in [0.15, 0.2) is 16.7 Å². The molecule has 4 aliphatic rings. The van der Waals surface area contributed by atoms with Crippen molar-refractivity contribution in [1.82, 2.24) is 4.98 Å². The largest absolute Gasteiger partial charge is 0.310 e. The molecule has 21 heavy (non-hydrogen) atoms. The second kappa shape index (κ2) is 4.80. The number of pyridine rings is 1. The molecule has 5 rings (SSSR count). The van der Waals surface area contributed by atoms with E-state index in [1.165, 1.54) is 19.3 Å². The first-order valence-electron chi connectivity index (χ1n) is 7.98. The highest BCUT2D eigenvalue weighted by Crippen LogP contribution is 2.60. The monoisotopic (exact) mass is 348 g/mol. The molecule has 4 saturated carbocycles. The van der Waals surface area contributed by atoms with Gasteiger partial charge in [-0.25, -0.2) is 4.98 Å². The van der Waals surface area contributed by atoms with E-state index < -0.39 is 0 Å². The van der Waals surface area contributed by atoms with Crippen molar-refractivity contribution in [3.63, 3.8) is 0 Å². The predicted octanol–water partition coefficient (Wildman–Crippen LogP) is 4.31. The molecular weight excluding hydrogens is 328 g/mol. The normalized spacial score (nSPS) is 36.8. The van der Waals surface area contributed by atoms with E-state index in [-0.39, 0.29) is 11.3 Å². The van der Waals surface area contributed by atoms with Gasteiger partial charge in [0.05, 0.1) is 5.41 Å². The van der Waals surface area contributed by atoms with Gasteiger partial charge in [-0.15, -0.1) is 0 Å². The van der Waals surface area contributed by atoms with Gasteiger partial charge in [-0.3, -0.25) is 4.79 Å². The number of halogens is 1. The second-order valence-electron chi connectivity index (χ2n) is 7.47. The molecule has 0 aliphatic heterocycles. The number of nitrogens with zero attached hydrogens (tertiary/aromatic N) is 1. The number of nitrogens with one attached hydrogen (secondary N) is 1. The SMILES string of the molecule is Cc1cc(Br)cnc1NC(=O)C12CC3CC(CC(C3)C1)C2. The molecule has 4 aliphatic carbocycles. The average molecular weight is 349 g/mol. The van der Waals surface area contributed by atoms with Crippen molar-refractivity contribution in [1.29, 1.82) is 0 Å². The van der Waals surface area contributed by atoms with Crippen molar-refractivity contribution in [3.05, 3.63) is 22.3 Å². The molecule has 1 N–H and O–H groups in total. The third-order valence-corrected chi connectivity index (χ3v) is 6.23. The molecule has 1 aromatic rings. The molecule has 4 heteroatoms. The van der Waals surface area contributed by atoms with E-state index >= 15 is 0 Å². The third-order valence-electron chi connectivity index (χ3n) is 5.80. The Hall–Kier alpha value is -0.900. The topological polar surface area (TPSA) is 42.0 Å². The van der Waals surface area contributed by atoms with Gasteiger partial charge in [0.2, 0.25) is 5.91 Å². The molecule has 4 bridgehead atoms. The Kier molecular flexibility index (Phi) is 3.14. The van der Waals surface area contributed by atoms with Crippen molar-refractivity contribution in [3.8, 4) is 0 Å². The van der Waals surface area contributed by atoms with Crippen LogP contribution in [-0.2, 0) is 4.79 Å². The van der Waals surface area contributed by atoms with Gasteiger partial charge in [-0.05, 0) is 90.8 Å². The van der Waals surface area contributed by atoms with Crippen molar-refractivity contribution in [2.45, 2.75) is 45.4 Å². The fraction of sp³-hybridized carbons (Fsp3) is 0.647. The average Bonchev–Trinajstić information content (AvgIpc) is 2.40. The fourth-order valence-electron chi connectivity index (χ4n) is 5.30. The molecular formula is C17H21BrN2O. The van der Waals surface area contributed by atoms with Gasteiger partial charge in [-0.1, -0.05) is 0 Å². The van der Waals surface area contributed by atoms with Crippen molar-refractivity contribution in [2.24, 2.45) is 23.2 Å². The Balaban J connectivity index is 1.57. The zero-order valence-corrected chi connectivity index (χ0v) is 13.9. The number of hydrogen-bond acceptors (Lipinski definition) is 2. The van der Waals surface area contributed by atoms with Crippen molar-refractivity contribution >= 4 is 27.7 Å². The molecule has 3 nitrogen and oxygen atoms in total. The maximum atomic E-state index is 12.9. The van der Waals surface area contributed by atoms with Crippen LogP contribution < -0.4 is 5.32 Å². The summed E-state index contributed by atoms with van der Waals surface area (Å²) in [5.74, 6) is 3.32. The Morgan fingerprint density at radius 2 is 1.81 bits per heavy atom. The lowest BCUT2D eigenvalue weighted by Gasteiger charge is -2.55. The molecule has 1 heterocycles. The number of anilines is 1. The zero-order valence-electron chi connectivity index (χ0n) is 12.4. The van der Waals surface area contributed by atoms with Crippen molar-refractivity contribution < 1.29 is 4.79 Å². The number of carbonyl (C=O) groups excluding carboxylic acids is 1. The van der Waals surface area contributed by atoms with Crippen LogP contribution in [0.2, 0.25) is 0 Å². The lowest BCUT2D eigenvalue weighted by atomic mass is 9.49.